The van der Waals surface area contributed by atoms with E-state index in [-0.39, 0.29) is 6.61 Å². The first kappa shape index (κ1) is 12.4. The van der Waals surface area contributed by atoms with Crippen molar-refractivity contribution in [2.75, 3.05) is 20.3 Å². The summed E-state index contributed by atoms with van der Waals surface area (Å²) in [6, 6.07) is 6.78. The van der Waals surface area contributed by atoms with Gasteiger partial charge in [-0.1, -0.05) is 12.1 Å². The molecule has 2 rings (SSSR count). The number of fused-ring (bicyclic) bond motifs is 1. The molecule has 94 valence electrons. The first-order chi connectivity index (χ1) is 8.36. The predicted octanol–water partition coefficient (Wildman–Crippen LogP) is 2.04. The molecule has 1 aromatic rings. The summed E-state index contributed by atoms with van der Waals surface area (Å²) in [5.74, 6) is 1.03. The molecule has 0 aliphatic heterocycles. The largest absolute Gasteiger partial charge is 0.493 e. The molecule has 0 saturated carbocycles. The van der Waals surface area contributed by atoms with Gasteiger partial charge < -0.3 is 15.2 Å². The van der Waals surface area contributed by atoms with Gasteiger partial charge in [0.05, 0.1) is 6.61 Å². The summed E-state index contributed by atoms with van der Waals surface area (Å²) in [4.78, 5) is 0. The highest BCUT2D eigenvalue weighted by Crippen LogP contribution is 2.36. The summed E-state index contributed by atoms with van der Waals surface area (Å²) in [6.45, 7) is 0.944. The van der Waals surface area contributed by atoms with Crippen LogP contribution in [0.2, 0.25) is 0 Å². The third kappa shape index (κ3) is 2.79. The molecule has 2 N–H and O–H groups in total. The Hall–Kier alpha value is -1.06. The van der Waals surface area contributed by atoms with Gasteiger partial charge in [-0.05, 0) is 49.9 Å². The highest BCUT2D eigenvalue weighted by Gasteiger charge is 2.23. The molecule has 3 heteroatoms. The van der Waals surface area contributed by atoms with Gasteiger partial charge in [0.1, 0.15) is 5.75 Å². The Kier molecular flexibility index (Phi) is 4.40. The predicted molar refractivity (Wildman–Crippen MR) is 68.4 cm³/mol. The lowest BCUT2D eigenvalue weighted by molar-refractivity contribution is 0.252. The minimum atomic E-state index is 0.248. The fourth-order valence-electron chi connectivity index (χ4n) is 2.45. The molecular formula is C14H21NO2. The molecule has 1 unspecified atom stereocenters. The zero-order valence-corrected chi connectivity index (χ0v) is 10.4. The number of nitrogens with one attached hydrogen (secondary N) is 1. The van der Waals surface area contributed by atoms with Crippen molar-refractivity contribution in [1.29, 1.82) is 0 Å². The monoisotopic (exact) mass is 235 g/mol. The van der Waals surface area contributed by atoms with Crippen molar-refractivity contribution in [3.63, 3.8) is 0 Å². The number of benzene rings is 1. The van der Waals surface area contributed by atoms with Crippen molar-refractivity contribution in [2.45, 2.75) is 31.7 Å². The van der Waals surface area contributed by atoms with Crippen LogP contribution in [-0.4, -0.2) is 25.4 Å². The molecule has 1 aliphatic rings. The lowest BCUT2D eigenvalue weighted by atomic mass is 10.1. The van der Waals surface area contributed by atoms with Gasteiger partial charge in [-0.3, -0.25) is 0 Å². The van der Waals surface area contributed by atoms with Crippen molar-refractivity contribution in [3.05, 3.63) is 29.3 Å². The number of aliphatic hydroxyl groups excluding tert-OH is 1. The summed E-state index contributed by atoms with van der Waals surface area (Å²) in [5.41, 5.74) is 2.74. The van der Waals surface area contributed by atoms with E-state index in [0.717, 1.165) is 31.4 Å². The number of hydrogen-bond acceptors (Lipinski definition) is 3. The van der Waals surface area contributed by atoms with Gasteiger partial charge in [0, 0.05) is 12.6 Å². The van der Waals surface area contributed by atoms with Crippen LogP contribution >= 0.6 is 0 Å². The van der Waals surface area contributed by atoms with E-state index < -0.39 is 0 Å². The second kappa shape index (κ2) is 6.03. The van der Waals surface area contributed by atoms with Gasteiger partial charge >= 0.3 is 0 Å². The van der Waals surface area contributed by atoms with Crippen LogP contribution in [0, 0.1) is 0 Å². The van der Waals surface area contributed by atoms with Gasteiger partial charge in [-0.15, -0.1) is 0 Å². The second-order valence-corrected chi connectivity index (χ2v) is 4.48. The Labute approximate surface area is 103 Å². The zero-order valence-electron chi connectivity index (χ0n) is 10.4. The molecule has 0 amide bonds. The van der Waals surface area contributed by atoms with Crippen LogP contribution < -0.4 is 10.1 Å². The van der Waals surface area contributed by atoms with E-state index in [2.05, 4.69) is 23.5 Å². The van der Waals surface area contributed by atoms with Gasteiger partial charge in [-0.2, -0.15) is 0 Å². The van der Waals surface area contributed by atoms with Gasteiger partial charge in [0.15, 0.2) is 0 Å². The SMILES string of the molecule is CNC1CCc2c(OCCCCO)cccc21. The minimum Gasteiger partial charge on any atom is -0.493 e. The van der Waals surface area contributed by atoms with Crippen molar-refractivity contribution < 1.29 is 9.84 Å². The summed E-state index contributed by atoms with van der Waals surface area (Å²) < 4.78 is 5.80. The Morgan fingerprint density at radius 1 is 1.41 bits per heavy atom. The third-order valence-corrected chi connectivity index (χ3v) is 3.39. The van der Waals surface area contributed by atoms with Crippen molar-refractivity contribution in [2.24, 2.45) is 0 Å². The molecule has 0 heterocycles. The number of hydrogen-bond donors (Lipinski definition) is 2. The van der Waals surface area contributed by atoms with Crippen LogP contribution in [0.25, 0.3) is 0 Å². The van der Waals surface area contributed by atoms with Crippen LogP contribution in [0.1, 0.15) is 36.4 Å². The highest BCUT2D eigenvalue weighted by atomic mass is 16.5. The van der Waals surface area contributed by atoms with Crippen LogP contribution in [0.5, 0.6) is 5.75 Å². The Morgan fingerprint density at radius 3 is 3.06 bits per heavy atom. The van der Waals surface area contributed by atoms with E-state index in [4.69, 9.17) is 9.84 Å². The van der Waals surface area contributed by atoms with E-state index in [1.165, 1.54) is 11.1 Å². The number of ether oxygens (including phenoxy) is 1. The maximum Gasteiger partial charge on any atom is 0.122 e. The lowest BCUT2D eigenvalue weighted by Crippen LogP contribution is -2.12. The van der Waals surface area contributed by atoms with Crippen LogP contribution in [0.3, 0.4) is 0 Å². The van der Waals surface area contributed by atoms with E-state index in [9.17, 15) is 0 Å². The fraction of sp³-hybridized carbons (Fsp3) is 0.571. The molecule has 1 aliphatic carbocycles. The van der Waals surface area contributed by atoms with E-state index in [1.807, 2.05) is 7.05 Å². The first-order valence-corrected chi connectivity index (χ1v) is 6.39. The molecule has 0 aromatic heterocycles. The number of unbranched alkanes of at least 4 members (excludes halogenated alkanes) is 1. The molecule has 0 spiro atoms. The molecule has 3 nitrogen and oxygen atoms in total. The second-order valence-electron chi connectivity index (χ2n) is 4.48. The maximum atomic E-state index is 8.72. The topological polar surface area (TPSA) is 41.5 Å². The van der Waals surface area contributed by atoms with Crippen molar-refractivity contribution in [1.82, 2.24) is 5.32 Å². The van der Waals surface area contributed by atoms with Crippen molar-refractivity contribution in [3.8, 4) is 5.75 Å². The normalized spacial score (nSPS) is 18.1. The summed E-state index contributed by atoms with van der Waals surface area (Å²) >= 11 is 0. The Balaban J connectivity index is 2.01. The van der Waals surface area contributed by atoms with Crippen LogP contribution in [0.15, 0.2) is 18.2 Å². The quantitative estimate of drug-likeness (QED) is 0.741. The maximum absolute atomic E-state index is 8.72. The Bertz CT molecular complexity index is 365. The first-order valence-electron chi connectivity index (χ1n) is 6.39. The molecule has 1 atom stereocenters. The number of aliphatic hydroxyl groups is 1. The van der Waals surface area contributed by atoms with Gasteiger partial charge in [0.2, 0.25) is 0 Å². The van der Waals surface area contributed by atoms with E-state index in [0.29, 0.717) is 12.6 Å². The smallest absolute Gasteiger partial charge is 0.122 e. The molecule has 0 fully saturated rings. The minimum absolute atomic E-state index is 0.248. The Morgan fingerprint density at radius 2 is 2.29 bits per heavy atom. The zero-order chi connectivity index (χ0) is 12.1. The van der Waals surface area contributed by atoms with Gasteiger partial charge in [0.25, 0.3) is 0 Å². The van der Waals surface area contributed by atoms with E-state index in [1.54, 1.807) is 0 Å². The standard InChI is InChI=1S/C14H21NO2/c1-15-13-8-7-12-11(13)5-4-6-14(12)17-10-3-2-9-16/h4-6,13,15-16H,2-3,7-10H2,1H3. The van der Waals surface area contributed by atoms with Gasteiger partial charge in [-0.25, -0.2) is 0 Å². The average molecular weight is 235 g/mol. The lowest BCUT2D eigenvalue weighted by Gasteiger charge is -2.13. The molecular weight excluding hydrogens is 214 g/mol. The number of rotatable bonds is 6. The summed E-state index contributed by atoms with van der Waals surface area (Å²) in [7, 11) is 2.01. The average Bonchev–Trinajstić information content (AvgIpc) is 2.78. The molecule has 0 bridgehead atoms. The molecule has 0 saturated heterocycles. The summed E-state index contributed by atoms with van der Waals surface area (Å²) in [6.07, 6.45) is 3.98. The fourth-order valence-corrected chi connectivity index (χ4v) is 2.45. The van der Waals surface area contributed by atoms with Crippen molar-refractivity contribution >= 4 is 0 Å². The van der Waals surface area contributed by atoms with E-state index >= 15 is 0 Å². The molecule has 17 heavy (non-hydrogen) atoms. The summed E-state index contributed by atoms with van der Waals surface area (Å²) in [5, 5.41) is 12.1. The molecule has 1 aromatic carbocycles. The molecule has 0 radical (unpaired) electrons. The van der Waals surface area contributed by atoms with Crippen LogP contribution in [0.4, 0.5) is 0 Å². The highest BCUT2D eigenvalue weighted by molar-refractivity contribution is 5.45. The third-order valence-electron chi connectivity index (χ3n) is 3.39. The van der Waals surface area contributed by atoms with Crippen LogP contribution in [-0.2, 0) is 6.42 Å².